The standard InChI is InChI=1S/C9H14N2S/c1-5-7-9(12-4)11-8(10-7)6(2)3/h5-6H,1H2,2-4H3,(H,10,11). The topological polar surface area (TPSA) is 28.7 Å². The molecule has 0 radical (unpaired) electrons. The molecule has 0 aliphatic carbocycles. The van der Waals surface area contributed by atoms with Crippen LogP contribution >= 0.6 is 11.8 Å². The van der Waals surface area contributed by atoms with Gasteiger partial charge in [0.05, 0.1) is 5.69 Å². The van der Waals surface area contributed by atoms with Crippen LogP contribution in [0.25, 0.3) is 6.08 Å². The van der Waals surface area contributed by atoms with Crippen molar-refractivity contribution in [3.63, 3.8) is 0 Å². The zero-order valence-corrected chi connectivity index (χ0v) is 8.53. The van der Waals surface area contributed by atoms with Gasteiger partial charge in [0.25, 0.3) is 0 Å². The maximum Gasteiger partial charge on any atom is 0.121 e. The SMILES string of the molecule is C=Cc1[nH]c(C(C)C)nc1SC. The Hall–Kier alpha value is -0.700. The third-order valence-electron chi connectivity index (χ3n) is 1.66. The number of rotatable bonds is 3. The fourth-order valence-corrected chi connectivity index (χ4v) is 1.50. The number of aromatic nitrogens is 2. The minimum atomic E-state index is 0.449. The Kier molecular flexibility index (Phi) is 2.98. The molecule has 0 atom stereocenters. The molecule has 0 saturated heterocycles. The first-order valence-corrected chi connectivity index (χ1v) is 5.17. The van der Waals surface area contributed by atoms with E-state index in [-0.39, 0.29) is 0 Å². The molecule has 1 aromatic heterocycles. The number of hydrogen-bond acceptors (Lipinski definition) is 2. The average molecular weight is 182 g/mol. The van der Waals surface area contributed by atoms with E-state index in [0.717, 1.165) is 16.5 Å². The number of nitrogens with zero attached hydrogens (tertiary/aromatic N) is 1. The van der Waals surface area contributed by atoms with Crippen LogP contribution in [0.5, 0.6) is 0 Å². The number of hydrogen-bond donors (Lipinski definition) is 1. The first-order valence-electron chi connectivity index (χ1n) is 3.95. The summed E-state index contributed by atoms with van der Waals surface area (Å²) < 4.78 is 0. The number of imidazole rings is 1. The molecule has 66 valence electrons. The molecular formula is C9H14N2S. The zero-order valence-electron chi connectivity index (χ0n) is 7.72. The van der Waals surface area contributed by atoms with Crippen molar-refractivity contribution < 1.29 is 0 Å². The summed E-state index contributed by atoms with van der Waals surface area (Å²) in [5.74, 6) is 1.49. The van der Waals surface area contributed by atoms with Crippen molar-refractivity contribution in [3.05, 3.63) is 18.1 Å². The van der Waals surface area contributed by atoms with Gasteiger partial charge in [-0.25, -0.2) is 4.98 Å². The summed E-state index contributed by atoms with van der Waals surface area (Å²) in [5, 5.41) is 1.04. The highest BCUT2D eigenvalue weighted by Crippen LogP contribution is 2.21. The second-order valence-corrected chi connectivity index (χ2v) is 3.70. The molecule has 1 rings (SSSR count). The summed E-state index contributed by atoms with van der Waals surface area (Å²) in [6.07, 6.45) is 3.83. The van der Waals surface area contributed by atoms with Gasteiger partial charge in [-0.05, 0) is 12.3 Å². The first-order chi connectivity index (χ1) is 5.69. The van der Waals surface area contributed by atoms with Crippen LogP contribution in [-0.2, 0) is 0 Å². The lowest BCUT2D eigenvalue weighted by Crippen LogP contribution is -1.89. The molecule has 1 aromatic rings. The molecule has 0 bridgehead atoms. The Labute approximate surface area is 77.5 Å². The molecular weight excluding hydrogens is 168 g/mol. The second kappa shape index (κ2) is 3.81. The van der Waals surface area contributed by atoms with Gasteiger partial charge in [-0.2, -0.15) is 0 Å². The molecule has 0 unspecified atom stereocenters. The van der Waals surface area contributed by atoms with Crippen molar-refractivity contribution in [2.24, 2.45) is 0 Å². The van der Waals surface area contributed by atoms with Crippen LogP contribution in [0.2, 0.25) is 0 Å². The third kappa shape index (κ3) is 1.72. The highest BCUT2D eigenvalue weighted by atomic mass is 32.2. The number of H-pyrrole nitrogens is 1. The van der Waals surface area contributed by atoms with Gasteiger partial charge < -0.3 is 4.98 Å². The lowest BCUT2D eigenvalue weighted by atomic mass is 10.2. The van der Waals surface area contributed by atoms with Crippen LogP contribution in [0, 0.1) is 0 Å². The summed E-state index contributed by atoms with van der Waals surface area (Å²) in [6, 6.07) is 0. The molecule has 0 amide bonds. The molecule has 0 spiro atoms. The number of thioether (sulfide) groups is 1. The quantitative estimate of drug-likeness (QED) is 0.728. The average Bonchev–Trinajstić information content (AvgIpc) is 2.46. The van der Waals surface area contributed by atoms with E-state index < -0.39 is 0 Å². The fourth-order valence-electron chi connectivity index (χ4n) is 0.956. The second-order valence-electron chi connectivity index (χ2n) is 2.90. The van der Waals surface area contributed by atoms with Crippen LogP contribution < -0.4 is 0 Å². The van der Waals surface area contributed by atoms with E-state index in [1.165, 1.54) is 0 Å². The monoisotopic (exact) mass is 182 g/mol. The van der Waals surface area contributed by atoms with Gasteiger partial charge in [-0.15, -0.1) is 11.8 Å². The van der Waals surface area contributed by atoms with Crippen molar-refractivity contribution >= 4 is 17.8 Å². The lowest BCUT2D eigenvalue weighted by Gasteiger charge is -1.96. The normalized spacial score (nSPS) is 10.7. The largest absolute Gasteiger partial charge is 0.341 e. The van der Waals surface area contributed by atoms with Crippen molar-refractivity contribution in [2.75, 3.05) is 6.26 Å². The van der Waals surface area contributed by atoms with Gasteiger partial charge in [-0.1, -0.05) is 20.4 Å². The van der Waals surface area contributed by atoms with E-state index in [1.807, 2.05) is 12.3 Å². The van der Waals surface area contributed by atoms with E-state index in [0.29, 0.717) is 5.92 Å². The van der Waals surface area contributed by atoms with Crippen LogP contribution in [0.1, 0.15) is 31.3 Å². The van der Waals surface area contributed by atoms with Crippen molar-refractivity contribution in [1.29, 1.82) is 0 Å². The maximum absolute atomic E-state index is 4.44. The van der Waals surface area contributed by atoms with E-state index >= 15 is 0 Å². The zero-order chi connectivity index (χ0) is 9.14. The Balaban J connectivity index is 3.05. The summed E-state index contributed by atoms with van der Waals surface area (Å²) in [6.45, 7) is 7.97. The smallest absolute Gasteiger partial charge is 0.121 e. The van der Waals surface area contributed by atoms with Crippen molar-refractivity contribution in [3.8, 4) is 0 Å². The minimum absolute atomic E-state index is 0.449. The number of nitrogens with one attached hydrogen (secondary N) is 1. The molecule has 12 heavy (non-hydrogen) atoms. The predicted molar refractivity (Wildman–Crippen MR) is 54.5 cm³/mol. The fraction of sp³-hybridized carbons (Fsp3) is 0.444. The summed E-state index contributed by atoms with van der Waals surface area (Å²) >= 11 is 1.64. The highest BCUT2D eigenvalue weighted by molar-refractivity contribution is 7.98. The molecule has 0 aliphatic rings. The Morgan fingerprint density at radius 3 is 2.58 bits per heavy atom. The predicted octanol–water partition coefficient (Wildman–Crippen LogP) is 2.90. The lowest BCUT2D eigenvalue weighted by molar-refractivity contribution is 0.787. The van der Waals surface area contributed by atoms with Crippen molar-refractivity contribution in [2.45, 2.75) is 24.8 Å². The van der Waals surface area contributed by atoms with Crippen LogP contribution in [0.3, 0.4) is 0 Å². The molecule has 0 saturated carbocycles. The van der Waals surface area contributed by atoms with E-state index in [4.69, 9.17) is 0 Å². The maximum atomic E-state index is 4.44. The molecule has 0 aliphatic heterocycles. The highest BCUT2D eigenvalue weighted by Gasteiger charge is 2.08. The number of aromatic amines is 1. The van der Waals surface area contributed by atoms with Gasteiger partial charge in [0.2, 0.25) is 0 Å². The van der Waals surface area contributed by atoms with Gasteiger partial charge in [0, 0.05) is 5.92 Å². The molecule has 3 heteroatoms. The van der Waals surface area contributed by atoms with Gasteiger partial charge in [0.1, 0.15) is 10.9 Å². The molecule has 1 heterocycles. The van der Waals surface area contributed by atoms with Gasteiger partial charge in [-0.3, -0.25) is 0 Å². The van der Waals surface area contributed by atoms with Crippen LogP contribution in [-0.4, -0.2) is 16.2 Å². The Bertz CT molecular complexity index is 276. The van der Waals surface area contributed by atoms with E-state index in [2.05, 4.69) is 30.4 Å². The van der Waals surface area contributed by atoms with Crippen LogP contribution in [0.15, 0.2) is 11.6 Å². The first kappa shape index (κ1) is 9.39. The molecule has 0 fully saturated rings. The van der Waals surface area contributed by atoms with Gasteiger partial charge in [0.15, 0.2) is 0 Å². The van der Waals surface area contributed by atoms with Crippen LogP contribution in [0.4, 0.5) is 0 Å². The van der Waals surface area contributed by atoms with E-state index in [9.17, 15) is 0 Å². The third-order valence-corrected chi connectivity index (χ3v) is 2.36. The summed E-state index contributed by atoms with van der Waals surface area (Å²) in [7, 11) is 0. The summed E-state index contributed by atoms with van der Waals surface area (Å²) in [4.78, 5) is 7.67. The molecule has 1 N–H and O–H groups in total. The van der Waals surface area contributed by atoms with E-state index in [1.54, 1.807) is 11.8 Å². The van der Waals surface area contributed by atoms with Crippen molar-refractivity contribution in [1.82, 2.24) is 9.97 Å². The Morgan fingerprint density at radius 1 is 1.58 bits per heavy atom. The molecule has 2 nitrogen and oxygen atoms in total. The van der Waals surface area contributed by atoms with Gasteiger partial charge >= 0.3 is 0 Å². The Morgan fingerprint density at radius 2 is 2.25 bits per heavy atom. The molecule has 0 aromatic carbocycles. The summed E-state index contributed by atoms with van der Waals surface area (Å²) in [5.41, 5.74) is 1.03. The minimum Gasteiger partial charge on any atom is -0.341 e.